The first-order valence-corrected chi connectivity index (χ1v) is 8.19. The highest BCUT2D eigenvalue weighted by atomic mass is 35.5. The zero-order valence-electron chi connectivity index (χ0n) is 13.3. The largest absolute Gasteiger partial charge is 0.281 e. The molecule has 0 rings (SSSR count). The summed E-state index contributed by atoms with van der Waals surface area (Å²) in [7, 11) is 0. The van der Waals surface area contributed by atoms with Gasteiger partial charge in [-0.3, -0.25) is 4.79 Å². The predicted molar refractivity (Wildman–Crippen MR) is 99.1 cm³/mol. The Hall–Kier alpha value is -1.60. The number of rotatable bonds is 13. The summed E-state index contributed by atoms with van der Waals surface area (Å²) >= 11 is 5.24. The van der Waals surface area contributed by atoms with Crippen LogP contribution >= 0.6 is 11.6 Å². The Kier molecular flexibility index (Phi) is 16.2. The zero-order chi connectivity index (χ0) is 16.3. The Morgan fingerprint density at radius 1 is 0.682 bits per heavy atom. The molecule has 0 spiro atoms. The molecule has 0 aliphatic heterocycles. The molecule has 0 aromatic rings. The maximum Gasteiger partial charge on any atom is 0.221 e. The molecule has 0 heterocycles. The molecule has 0 amide bonds. The second-order valence-corrected chi connectivity index (χ2v) is 5.14. The van der Waals surface area contributed by atoms with Crippen molar-refractivity contribution in [2.45, 2.75) is 44.9 Å². The van der Waals surface area contributed by atoms with E-state index >= 15 is 0 Å². The summed E-state index contributed by atoms with van der Waals surface area (Å²) in [6, 6.07) is 0. The Bertz CT molecular complexity index is 425. The lowest BCUT2D eigenvalue weighted by Gasteiger charge is -1.87. The quantitative estimate of drug-likeness (QED) is 0.282. The molecule has 2 heteroatoms. The molecular weight excluding hydrogens is 292 g/mol. The number of hydrogen-bond acceptors (Lipinski definition) is 1. The number of allylic oxidation sites excluding steroid dienone is 11. The monoisotopic (exact) mass is 318 g/mol. The summed E-state index contributed by atoms with van der Waals surface area (Å²) in [6.45, 7) is 3.67. The van der Waals surface area contributed by atoms with Crippen molar-refractivity contribution in [2.75, 3.05) is 0 Å². The fourth-order valence-electron chi connectivity index (χ4n) is 1.59. The van der Waals surface area contributed by atoms with Crippen molar-refractivity contribution >= 4 is 16.8 Å². The van der Waals surface area contributed by atoms with Gasteiger partial charge in [0, 0.05) is 6.42 Å². The minimum atomic E-state index is -0.271. The lowest BCUT2D eigenvalue weighted by molar-refractivity contribution is -0.111. The predicted octanol–water partition coefficient (Wildman–Crippen LogP) is 6.45. The van der Waals surface area contributed by atoms with E-state index in [2.05, 4.69) is 61.3 Å². The van der Waals surface area contributed by atoms with E-state index in [9.17, 15) is 4.79 Å². The molecule has 0 radical (unpaired) electrons. The van der Waals surface area contributed by atoms with E-state index in [0.717, 1.165) is 38.5 Å². The first-order chi connectivity index (χ1) is 10.8. The molecule has 22 heavy (non-hydrogen) atoms. The van der Waals surface area contributed by atoms with Gasteiger partial charge < -0.3 is 0 Å². The van der Waals surface area contributed by atoms with E-state index < -0.39 is 0 Å². The molecule has 0 aromatic heterocycles. The summed E-state index contributed by atoms with van der Waals surface area (Å²) in [4.78, 5) is 10.5. The highest BCUT2D eigenvalue weighted by Gasteiger charge is 1.90. The molecule has 0 unspecified atom stereocenters. The second kappa shape index (κ2) is 17.5. The number of carbonyl (C=O) groups excluding carboxylic acids is 1. The standard InChI is InChI=1S/C20H27ClO/c1-2-3-4-5-6-7-8-9-10-11-12-13-14-15-16-17-18-19-20(21)22/h2,4-5,7-8,10-11,13-14,16-17H,1,3,6,9,12,15,18-19H2. The summed E-state index contributed by atoms with van der Waals surface area (Å²) < 4.78 is 0. The molecule has 0 aliphatic rings. The highest BCUT2D eigenvalue weighted by molar-refractivity contribution is 6.63. The fourth-order valence-corrected chi connectivity index (χ4v) is 1.70. The van der Waals surface area contributed by atoms with Crippen molar-refractivity contribution in [3.63, 3.8) is 0 Å². The summed E-state index contributed by atoms with van der Waals surface area (Å²) in [5, 5.41) is -0.271. The van der Waals surface area contributed by atoms with Crippen molar-refractivity contribution in [2.24, 2.45) is 0 Å². The fraction of sp³-hybridized carbons (Fsp3) is 0.350. The topological polar surface area (TPSA) is 17.1 Å². The molecule has 0 saturated heterocycles. The van der Waals surface area contributed by atoms with Crippen LogP contribution in [0.15, 0.2) is 73.4 Å². The average Bonchev–Trinajstić information content (AvgIpc) is 2.50. The third kappa shape index (κ3) is 18.4. The molecule has 1 nitrogen and oxygen atoms in total. The zero-order valence-corrected chi connectivity index (χ0v) is 14.0. The van der Waals surface area contributed by atoms with Gasteiger partial charge >= 0.3 is 0 Å². The van der Waals surface area contributed by atoms with Crippen LogP contribution in [-0.2, 0) is 4.79 Å². The van der Waals surface area contributed by atoms with Gasteiger partial charge in [-0.05, 0) is 50.1 Å². The molecule has 0 aromatic carbocycles. The van der Waals surface area contributed by atoms with Crippen molar-refractivity contribution in [3.05, 3.63) is 73.4 Å². The highest BCUT2D eigenvalue weighted by Crippen LogP contribution is 1.98. The first-order valence-electron chi connectivity index (χ1n) is 7.81. The summed E-state index contributed by atoms with van der Waals surface area (Å²) in [6.07, 6.45) is 29.1. The Balaban J connectivity index is 3.49. The van der Waals surface area contributed by atoms with E-state index in [0.29, 0.717) is 6.42 Å². The second-order valence-electron chi connectivity index (χ2n) is 4.72. The maximum atomic E-state index is 10.5. The molecule has 120 valence electrons. The van der Waals surface area contributed by atoms with E-state index in [1.807, 2.05) is 12.2 Å². The molecule has 0 saturated carbocycles. The molecule has 0 fully saturated rings. The van der Waals surface area contributed by atoms with Gasteiger partial charge in [0.2, 0.25) is 5.24 Å². The van der Waals surface area contributed by atoms with Crippen LogP contribution in [-0.4, -0.2) is 5.24 Å². The molecule has 0 aliphatic carbocycles. The first kappa shape index (κ1) is 20.4. The number of halogens is 1. The van der Waals surface area contributed by atoms with Crippen LogP contribution in [0.2, 0.25) is 0 Å². The van der Waals surface area contributed by atoms with Crippen LogP contribution in [0.25, 0.3) is 0 Å². The summed E-state index contributed by atoms with van der Waals surface area (Å²) in [5.41, 5.74) is 0. The van der Waals surface area contributed by atoms with Crippen molar-refractivity contribution < 1.29 is 4.79 Å². The van der Waals surface area contributed by atoms with Crippen LogP contribution in [0.5, 0.6) is 0 Å². The third-order valence-corrected chi connectivity index (χ3v) is 2.92. The van der Waals surface area contributed by atoms with Crippen molar-refractivity contribution in [1.82, 2.24) is 0 Å². The van der Waals surface area contributed by atoms with Crippen LogP contribution < -0.4 is 0 Å². The molecule has 0 bridgehead atoms. The van der Waals surface area contributed by atoms with E-state index in [1.165, 1.54) is 0 Å². The summed E-state index contributed by atoms with van der Waals surface area (Å²) in [5.74, 6) is 0. The molecule has 0 N–H and O–H groups in total. The maximum absolute atomic E-state index is 10.5. The smallest absolute Gasteiger partial charge is 0.221 e. The molecule has 0 atom stereocenters. The van der Waals surface area contributed by atoms with Gasteiger partial charge in [0.05, 0.1) is 0 Å². The average molecular weight is 319 g/mol. The van der Waals surface area contributed by atoms with Crippen LogP contribution in [0, 0.1) is 0 Å². The lowest BCUT2D eigenvalue weighted by atomic mass is 10.2. The minimum absolute atomic E-state index is 0.271. The van der Waals surface area contributed by atoms with E-state index in [4.69, 9.17) is 11.6 Å². The molecular formula is C20H27ClO. The van der Waals surface area contributed by atoms with Crippen LogP contribution in [0.3, 0.4) is 0 Å². The number of hydrogen-bond donors (Lipinski definition) is 0. The minimum Gasteiger partial charge on any atom is -0.281 e. The van der Waals surface area contributed by atoms with Crippen molar-refractivity contribution in [3.8, 4) is 0 Å². The van der Waals surface area contributed by atoms with Gasteiger partial charge in [0.1, 0.15) is 0 Å². The van der Waals surface area contributed by atoms with Gasteiger partial charge in [0.15, 0.2) is 0 Å². The Labute approximate surface area is 140 Å². The number of carbonyl (C=O) groups is 1. The lowest BCUT2D eigenvalue weighted by Crippen LogP contribution is -1.81. The van der Waals surface area contributed by atoms with Crippen LogP contribution in [0.1, 0.15) is 44.9 Å². The van der Waals surface area contributed by atoms with Gasteiger partial charge in [-0.1, -0.05) is 66.8 Å². The van der Waals surface area contributed by atoms with Gasteiger partial charge in [-0.25, -0.2) is 0 Å². The Morgan fingerprint density at radius 3 is 1.41 bits per heavy atom. The normalized spacial score (nSPS) is 12.6. The van der Waals surface area contributed by atoms with Gasteiger partial charge in [-0.15, -0.1) is 6.58 Å². The Morgan fingerprint density at radius 2 is 1.05 bits per heavy atom. The van der Waals surface area contributed by atoms with Crippen LogP contribution in [0.4, 0.5) is 0 Å². The van der Waals surface area contributed by atoms with Gasteiger partial charge in [0.25, 0.3) is 0 Å². The SMILES string of the molecule is C=CCC=CCC=CCC=CCC=CCC=CCCC(=O)Cl. The third-order valence-electron chi connectivity index (χ3n) is 2.73. The van der Waals surface area contributed by atoms with E-state index in [1.54, 1.807) is 0 Å². The van der Waals surface area contributed by atoms with Crippen molar-refractivity contribution in [1.29, 1.82) is 0 Å². The van der Waals surface area contributed by atoms with Gasteiger partial charge in [-0.2, -0.15) is 0 Å². The van der Waals surface area contributed by atoms with E-state index in [-0.39, 0.29) is 5.24 Å².